The SMILES string of the molecule is O=C(c1cccnc1-c1ccncc1)N1CCC(Cc2ccccc2)CC1O. The number of nitrogens with zero attached hydrogens (tertiary/aromatic N) is 3. The topological polar surface area (TPSA) is 66.3 Å². The van der Waals surface area contributed by atoms with Gasteiger partial charge in [0, 0.05) is 30.7 Å². The van der Waals surface area contributed by atoms with Gasteiger partial charge in [-0.25, -0.2) is 0 Å². The highest BCUT2D eigenvalue weighted by atomic mass is 16.3. The molecule has 1 saturated heterocycles. The average molecular weight is 373 g/mol. The van der Waals surface area contributed by atoms with Gasteiger partial charge < -0.3 is 10.0 Å². The van der Waals surface area contributed by atoms with E-state index < -0.39 is 6.23 Å². The summed E-state index contributed by atoms with van der Waals surface area (Å²) >= 11 is 0. The number of piperidine rings is 1. The van der Waals surface area contributed by atoms with Crippen LogP contribution in [0.2, 0.25) is 0 Å². The number of aliphatic hydroxyl groups excluding tert-OH is 1. The molecule has 1 aliphatic heterocycles. The molecule has 1 amide bonds. The van der Waals surface area contributed by atoms with E-state index in [2.05, 4.69) is 22.1 Å². The first-order valence-corrected chi connectivity index (χ1v) is 9.61. The van der Waals surface area contributed by atoms with Gasteiger partial charge in [-0.05, 0) is 55.0 Å². The van der Waals surface area contributed by atoms with Gasteiger partial charge in [0.15, 0.2) is 0 Å². The Kier molecular flexibility index (Phi) is 5.44. The molecule has 1 aromatic carbocycles. The molecule has 5 nitrogen and oxygen atoms in total. The number of aromatic nitrogens is 2. The number of carbonyl (C=O) groups excluding carboxylic acids is 1. The summed E-state index contributed by atoms with van der Waals surface area (Å²) in [6, 6.07) is 17.5. The summed E-state index contributed by atoms with van der Waals surface area (Å²) in [6.45, 7) is 0.544. The molecule has 142 valence electrons. The van der Waals surface area contributed by atoms with E-state index in [1.807, 2.05) is 30.3 Å². The monoisotopic (exact) mass is 373 g/mol. The first kappa shape index (κ1) is 18.3. The number of hydrogen-bond acceptors (Lipinski definition) is 4. The zero-order valence-corrected chi connectivity index (χ0v) is 15.6. The summed E-state index contributed by atoms with van der Waals surface area (Å²) in [5.74, 6) is 0.195. The van der Waals surface area contributed by atoms with E-state index in [1.165, 1.54) is 5.56 Å². The highest BCUT2D eigenvalue weighted by Crippen LogP contribution is 2.28. The second-order valence-electron chi connectivity index (χ2n) is 7.19. The fraction of sp³-hybridized carbons (Fsp3) is 0.261. The molecule has 4 rings (SSSR count). The van der Waals surface area contributed by atoms with Crippen LogP contribution in [0.5, 0.6) is 0 Å². The molecule has 1 N–H and O–H groups in total. The van der Waals surface area contributed by atoms with Crippen molar-refractivity contribution in [3.63, 3.8) is 0 Å². The second kappa shape index (κ2) is 8.31. The number of aliphatic hydroxyl groups is 1. The van der Waals surface area contributed by atoms with Crippen LogP contribution in [0.1, 0.15) is 28.8 Å². The molecule has 0 saturated carbocycles. The maximum absolute atomic E-state index is 13.2. The first-order chi connectivity index (χ1) is 13.7. The highest BCUT2D eigenvalue weighted by Gasteiger charge is 2.32. The summed E-state index contributed by atoms with van der Waals surface area (Å²) < 4.78 is 0. The summed E-state index contributed by atoms with van der Waals surface area (Å²) in [6.07, 6.45) is 6.66. The lowest BCUT2D eigenvalue weighted by Gasteiger charge is -2.36. The van der Waals surface area contributed by atoms with E-state index in [1.54, 1.807) is 35.6 Å². The van der Waals surface area contributed by atoms with Crippen LogP contribution in [0.4, 0.5) is 0 Å². The molecular weight excluding hydrogens is 350 g/mol. The van der Waals surface area contributed by atoms with Crippen LogP contribution in [0, 0.1) is 5.92 Å². The summed E-state index contributed by atoms with van der Waals surface area (Å²) in [4.78, 5) is 23.2. The van der Waals surface area contributed by atoms with Gasteiger partial charge >= 0.3 is 0 Å². The Morgan fingerprint density at radius 3 is 2.57 bits per heavy atom. The smallest absolute Gasteiger partial charge is 0.258 e. The van der Waals surface area contributed by atoms with Crippen molar-refractivity contribution >= 4 is 5.91 Å². The van der Waals surface area contributed by atoms with E-state index in [-0.39, 0.29) is 5.91 Å². The molecule has 2 aromatic heterocycles. The van der Waals surface area contributed by atoms with Crippen molar-refractivity contribution in [2.75, 3.05) is 6.54 Å². The van der Waals surface area contributed by atoms with Crippen molar-refractivity contribution in [3.05, 3.63) is 84.3 Å². The van der Waals surface area contributed by atoms with Crippen molar-refractivity contribution in [1.82, 2.24) is 14.9 Å². The molecule has 3 heterocycles. The highest BCUT2D eigenvalue weighted by molar-refractivity contribution is 6.00. The quantitative estimate of drug-likeness (QED) is 0.759. The minimum absolute atomic E-state index is 0.175. The van der Waals surface area contributed by atoms with Gasteiger partial charge in [0.05, 0.1) is 11.3 Å². The normalized spacial score (nSPS) is 19.4. The van der Waals surface area contributed by atoms with Gasteiger partial charge in [0.2, 0.25) is 0 Å². The number of benzene rings is 1. The molecule has 3 aromatic rings. The van der Waals surface area contributed by atoms with E-state index in [0.717, 1.165) is 18.4 Å². The van der Waals surface area contributed by atoms with Gasteiger partial charge in [0.1, 0.15) is 6.23 Å². The van der Waals surface area contributed by atoms with Gasteiger partial charge in [-0.15, -0.1) is 0 Å². The fourth-order valence-corrected chi connectivity index (χ4v) is 3.86. The molecule has 0 spiro atoms. The molecule has 28 heavy (non-hydrogen) atoms. The van der Waals surface area contributed by atoms with Crippen LogP contribution < -0.4 is 0 Å². The largest absolute Gasteiger partial charge is 0.374 e. The number of pyridine rings is 2. The molecule has 2 unspecified atom stereocenters. The third-order valence-corrected chi connectivity index (χ3v) is 5.30. The van der Waals surface area contributed by atoms with Crippen molar-refractivity contribution in [2.24, 2.45) is 5.92 Å². The minimum Gasteiger partial charge on any atom is -0.374 e. The molecule has 5 heteroatoms. The predicted octanol–water partition coefficient (Wildman–Crippen LogP) is 3.56. The Balaban J connectivity index is 1.49. The summed E-state index contributed by atoms with van der Waals surface area (Å²) in [5, 5.41) is 10.7. The molecule has 0 aliphatic carbocycles. The average Bonchev–Trinajstić information content (AvgIpc) is 2.75. The lowest BCUT2D eigenvalue weighted by atomic mass is 9.89. The van der Waals surface area contributed by atoms with Gasteiger partial charge in [-0.3, -0.25) is 14.8 Å². The number of amides is 1. The zero-order valence-electron chi connectivity index (χ0n) is 15.6. The number of rotatable bonds is 4. The Morgan fingerprint density at radius 2 is 1.82 bits per heavy atom. The predicted molar refractivity (Wildman–Crippen MR) is 107 cm³/mol. The maximum Gasteiger partial charge on any atom is 0.258 e. The van der Waals surface area contributed by atoms with Gasteiger partial charge in [-0.1, -0.05) is 30.3 Å². The second-order valence-corrected chi connectivity index (χ2v) is 7.19. The van der Waals surface area contributed by atoms with E-state index in [0.29, 0.717) is 30.1 Å². The fourth-order valence-electron chi connectivity index (χ4n) is 3.86. The maximum atomic E-state index is 13.2. The van der Waals surface area contributed by atoms with Gasteiger partial charge in [-0.2, -0.15) is 0 Å². The van der Waals surface area contributed by atoms with Crippen molar-refractivity contribution in [1.29, 1.82) is 0 Å². The van der Waals surface area contributed by atoms with E-state index in [9.17, 15) is 9.90 Å². The van der Waals surface area contributed by atoms with Gasteiger partial charge in [0.25, 0.3) is 5.91 Å². The Labute approximate surface area is 164 Å². The Morgan fingerprint density at radius 1 is 1.04 bits per heavy atom. The van der Waals surface area contributed by atoms with Crippen molar-refractivity contribution in [3.8, 4) is 11.3 Å². The van der Waals surface area contributed by atoms with Crippen LogP contribution >= 0.6 is 0 Å². The molecule has 0 bridgehead atoms. The zero-order chi connectivity index (χ0) is 19.3. The van der Waals surface area contributed by atoms with Crippen LogP contribution in [0.25, 0.3) is 11.3 Å². The van der Waals surface area contributed by atoms with Crippen LogP contribution in [0.3, 0.4) is 0 Å². The van der Waals surface area contributed by atoms with Crippen LogP contribution in [-0.4, -0.2) is 38.7 Å². The van der Waals surface area contributed by atoms with Crippen molar-refractivity contribution in [2.45, 2.75) is 25.5 Å². The molecule has 0 radical (unpaired) electrons. The third kappa shape index (κ3) is 3.94. The summed E-state index contributed by atoms with van der Waals surface area (Å²) in [5.41, 5.74) is 3.24. The van der Waals surface area contributed by atoms with E-state index >= 15 is 0 Å². The minimum atomic E-state index is -0.777. The standard InChI is InChI=1S/C23H23N3O2/c27-21-16-18(15-17-5-2-1-3-6-17)10-14-26(21)23(28)20-7-4-11-25-22(20)19-8-12-24-13-9-19/h1-9,11-13,18,21,27H,10,14-16H2. The molecule has 1 aliphatic rings. The number of likely N-dealkylation sites (tertiary alicyclic amines) is 1. The number of hydrogen-bond donors (Lipinski definition) is 1. The lowest BCUT2D eigenvalue weighted by molar-refractivity contribution is -0.0273. The van der Waals surface area contributed by atoms with Crippen molar-refractivity contribution < 1.29 is 9.90 Å². The Hall–Kier alpha value is -3.05. The van der Waals surface area contributed by atoms with Crippen LogP contribution in [0.15, 0.2) is 73.2 Å². The Bertz CT molecular complexity index is 931. The van der Waals surface area contributed by atoms with Crippen LogP contribution in [-0.2, 0) is 6.42 Å². The molecular formula is C23H23N3O2. The lowest BCUT2D eigenvalue weighted by Crippen LogP contribution is -2.46. The third-order valence-electron chi connectivity index (χ3n) is 5.30. The number of carbonyl (C=O) groups is 1. The first-order valence-electron chi connectivity index (χ1n) is 9.61. The van der Waals surface area contributed by atoms with E-state index in [4.69, 9.17) is 0 Å². The molecule has 1 fully saturated rings. The summed E-state index contributed by atoms with van der Waals surface area (Å²) in [7, 11) is 0. The molecule has 2 atom stereocenters.